The standard InChI is InChI=1S/C22H30F2N4O3/c23-17-6-7-18(19(24)15-17)22(31)25-8-4-5-20(29)28-13-11-26(12-14-28)16-21(30)27-9-2-1-3-10-27/h6-7,15H,1-5,8-14,16H2,(H,25,31). The second-order valence-electron chi connectivity index (χ2n) is 8.08. The maximum absolute atomic E-state index is 13.6. The number of halogens is 2. The Bertz CT molecular complexity index is 791. The van der Waals surface area contributed by atoms with E-state index in [0.29, 0.717) is 45.2 Å². The molecule has 2 aliphatic heterocycles. The van der Waals surface area contributed by atoms with Gasteiger partial charge in [-0.15, -0.1) is 0 Å². The summed E-state index contributed by atoms with van der Waals surface area (Å²) < 4.78 is 26.5. The number of carbonyl (C=O) groups is 3. The SMILES string of the molecule is O=C(NCCCC(=O)N1CCN(CC(=O)N2CCCCC2)CC1)c1ccc(F)cc1F. The van der Waals surface area contributed by atoms with Crippen molar-refractivity contribution in [3.63, 3.8) is 0 Å². The number of likely N-dealkylation sites (tertiary alicyclic amines) is 1. The summed E-state index contributed by atoms with van der Waals surface area (Å²) in [6, 6.07) is 2.79. The monoisotopic (exact) mass is 436 g/mol. The molecule has 0 bridgehead atoms. The Morgan fingerprint density at radius 1 is 0.871 bits per heavy atom. The Hall–Kier alpha value is -2.55. The number of rotatable bonds is 7. The zero-order chi connectivity index (χ0) is 22.2. The van der Waals surface area contributed by atoms with E-state index in [1.54, 1.807) is 4.90 Å². The van der Waals surface area contributed by atoms with Gasteiger partial charge in [-0.3, -0.25) is 19.3 Å². The molecule has 0 spiro atoms. The molecular formula is C22H30F2N4O3. The molecule has 2 aliphatic rings. The van der Waals surface area contributed by atoms with Gasteiger partial charge in [-0.1, -0.05) is 0 Å². The molecule has 9 heteroatoms. The quantitative estimate of drug-likeness (QED) is 0.660. The minimum absolute atomic E-state index is 0.00391. The molecule has 0 atom stereocenters. The predicted molar refractivity (Wildman–Crippen MR) is 111 cm³/mol. The minimum atomic E-state index is -0.912. The highest BCUT2D eigenvalue weighted by Crippen LogP contribution is 2.11. The van der Waals surface area contributed by atoms with Crippen LogP contribution in [0.5, 0.6) is 0 Å². The summed E-state index contributed by atoms with van der Waals surface area (Å²) in [5.74, 6) is -2.10. The second-order valence-corrected chi connectivity index (χ2v) is 8.08. The number of amides is 3. The summed E-state index contributed by atoms with van der Waals surface area (Å²) in [5, 5.41) is 2.55. The average molecular weight is 437 g/mol. The van der Waals surface area contributed by atoms with Gasteiger partial charge in [0.15, 0.2) is 0 Å². The number of hydrogen-bond acceptors (Lipinski definition) is 4. The normalized spacial score (nSPS) is 17.5. The molecule has 170 valence electrons. The Labute approximate surface area is 181 Å². The molecule has 2 heterocycles. The van der Waals surface area contributed by atoms with Crippen LogP contribution in [0.3, 0.4) is 0 Å². The van der Waals surface area contributed by atoms with Gasteiger partial charge < -0.3 is 15.1 Å². The lowest BCUT2D eigenvalue weighted by atomic mass is 10.1. The first-order valence-corrected chi connectivity index (χ1v) is 10.9. The van der Waals surface area contributed by atoms with Gasteiger partial charge in [0, 0.05) is 58.3 Å². The van der Waals surface area contributed by atoms with Crippen molar-refractivity contribution >= 4 is 17.7 Å². The molecule has 1 aromatic carbocycles. The molecule has 0 radical (unpaired) electrons. The zero-order valence-electron chi connectivity index (χ0n) is 17.7. The third-order valence-electron chi connectivity index (χ3n) is 5.82. The van der Waals surface area contributed by atoms with Gasteiger partial charge in [0.05, 0.1) is 12.1 Å². The molecule has 31 heavy (non-hydrogen) atoms. The van der Waals surface area contributed by atoms with Crippen LogP contribution in [0, 0.1) is 11.6 Å². The third-order valence-corrected chi connectivity index (χ3v) is 5.82. The van der Waals surface area contributed by atoms with Crippen molar-refractivity contribution in [1.29, 1.82) is 0 Å². The van der Waals surface area contributed by atoms with Crippen LogP contribution in [0.1, 0.15) is 42.5 Å². The fourth-order valence-electron chi connectivity index (χ4n) is 3.96. The van der Waals surface area contributed by atoms with Gasteiger partial charge in [0.1, 0.15) is 11.6 Å². The summed E-state index contributed by atoms with van der Waals surface area (Å²) in [6.07, 6.45) is 4.05. The maximum atomic E-state index is 13.6. The second kappa shape index (κ2) is 11.2. The smallest absolute Gasteiger partial charge is 0.254 e. The van der Waals surface area contributed by atoms with E-state index in [1.807, 2.05) is 4.90 Å². The first-order valence-electron chi connectivity index (χ1n) is 10.9. The Morgan fingerprint density at radius 3 is 2.23 bits per heavy atom. The highest BCUT2D eigenvalue weighted by Gasteiger charge is 2.24. The van der Waals surface area contributed by atoms with Crippen LogP contribution in [0.4, 0.5) is 8.78 Å². The van der Waals surface area contributed by atoms with Gasteiger partial charge in [0.2, 0.25) is 11.8 Å². The molecule has 0 unspecified atom stereocenters. The molecule has 0 aliphatic carbocycles. The molecule has 7 nitrogen and oxygen atoms in total. The topological polar surface area (TPSA) is 73.0 Å². The van der Waals surface area contributed by atoms with Crippen molar-refractivity contribution in [2.75, 3.05) is 52.4 Å². The molecular weight excluding hydrogens is 406 g/mol. The fourth-order valence-corrected chi connectivity index (χ4v) is 3.96. The first-order chi connectivity index (χ1) is 14.9. The van der Waals surface area contributed by atoms with Crippen molar-refractivity contribution in [2.24, 2.45) is 0 Å². The summed E-state index contributed by atoms with van der Waals surface area (Å²) >= 11 is 0. The predicted octanol–water partition coefficient (Wildman–Crippen LogP) is 1.63. The Kier molecular flexibility index (Phi) is 8.34. The van der Waals surface area contributed by atoms with Crippen molar-refractivity contribution in [3.8, 4) is 0 Å². The molecule has 2 fully saturated rings. The number of nitrogens with zero attached hydrogens (tertiary/aromatic N) is 3. The van der Waals surface area contributed by atoms with Crippen LogP contribution in [-0.4, -0.2) is 84.8 Å². The molecule has 1 aromatic rings. The Morgan fingerprint density at radius 2 is 1.55 bits per heavy atom. The Balaban J connectivity index is 1.32. The summed E-state index contributed by atoms with van der Waals surface area (Å²) in [6.45, 7) is 4.85. The van der Waals surface area contributed by atoms with Gasteiger partial charge in [0.25, 0.3) is 5.91 Å². The first kappa shape index (κ1) is 23.1. The van der Waals surface area contributed by atoms with E-state index in [9.17, 15) is 23.2 Å². The van der Waals surface area contributed by atoms with Gasteiger partial charge in [-0.05, 0) is 37.8 Å². The van der Waals surface area contributed by atoms with E-state index in [-0.39, 0.29) is 30.3 Å². The highest BCUT2D eigenvalue weighted by atomic mass is 19.1. The van der Waals surface area contributed by atoms with Crippen molar-refractivity contribution in [3.05, 3.63) is 35.4 Å². The lowest BCUT2D eigenvalue weighted by Gasteiger charge is -2.36. The van der Waals surface area contributed by atoms with Crippen LogP contribution in [-0.2, 0) is 9.59 Å². The van der Waals surface area contributed by atoms with E-state index in [4.69, 9.17) is 0 Å². The van der Waals surface area contributed by atoms with E-state index in [2.05, 4.69) is 10.2 Å². The number of piperidine rings is 1. The molecule has 0 aromatic heterocycles. The van der Waals surface area contributed by atoms with Crippen molar-refractivity contribution in [1.82, 2.24) is 20.0 Å². The number of piperazine rings is 1. The molecule has 1 N–H and O–H groups in total. The highest BCUT2D eigenvalue weighted by molar-refractivity contribution is 5.94. The molecule has 3 amide bonds. The number of hydrogen-bond donors (Lipinski definition) is 1. The third kappa shape index (κ3) is 6.72. The van der Waals surface area contributed by atoms with Gasteiger partial charge in [-0.25, -0.2) is 8.78 Å². The van der Waals surface area contributed by atoms with Crippen LogP contribution < -0.4 is 5.32 Å². The lowest BCUT2D eigenvalue weighted by Crippen LogP contribution is -2.52. The van der Waals surface area contributed by atoms with E-state index >= 15 is 0 Å². The molecule has 0 saturated carbocycles. The van der Waals surface area contributed by atoms with Crippen molar-refractivity contribution in [2.45, 2.75) is 32.1 Å². The van der Waals surface area contributed by atoms with Crippen LogP contribution in [0.25, 0.3) is 0 Å². The van der Waals surface area contributed by atoms with E-state index in [1.165, 1.54) is 6.42 Å². The largest absolute Gasteiger partial charge is 0.352 e. The van der Waals surface area contributed by atoms with Gasteiger partial charge >= 0.3 is 0 Å². The summed E-state index contributed by atoms with van der Waals surface area (Å²) in [5.41, 5.74) is -0.219. The van der Waals surface area contributed by atoms with Crippen molar-refractivity contribution < 1.29 is 23.2 Å². The van der Waals surface area contributed by atoms with Gasteiger partial charge in [-0.2, -0.15) is 0 Å². The zero-order valence-corrected chi connectivity index (χ0v) is 17.7. The van der Waals surface area contributed by atoms with E-state index in [0.717, 1.165) is 38.1 Å². The number of nitrogens with one attached hydrogen (secondary N) is 1. The molecule has 3 rings (SSSR count). The van der Waals surface area contributed by atoms with Crippen LogP contribution in [0.2, 0.25) is 0 Å². The maximum Gasteiger partial charge on any atom is 0.254 e. The summed E-state index contributed by atoms with van der Waals surface area (Å²) in [7, 11) is 0. The lowest BCUT2D eigenvalue weighted by molar-refractivity contribution is -0.135. The molecule has 2 saturated heterocycles. The van der Waals surface area contributed by atoms with Crippen LogP contribution in [0.15, 0.2) is 18.2 Å². The van der Waals surface area contributed by atoms with E-state index < -0.39 is 17.5 Å². The fraction of sp³-hybridized carbons (Fsp3) is 0.591. The summed E-state index contributed by atoms with van der Waals surface area (Å²) in [4.78, 5) is 42.5. The average Bonchev–Trinajstić information content (AvgIpc) is 2.77. The minimum Gasteiger partial charge on any atom is -0.352 e. The number of carbonyl (C=O) groups excluding carboxylic acids is 3. The van der Waals surface area contributed by atoms with Crippen LogP contribution >= 0.6 is 0 Å². The number of benzene rings is 1.